The molecule has 0 saturated heterocycles. The Morgan fingerprint density at radius 1 is 1.53 bits per heavy atom. The van der Waals surface area contributed by atoms with Crippen molar-refractivity contribution in [3.63, 3.8) is 0 Å². The van der Waals surface area contributed by atoms with E-state index in [1.54, 1.807) is 0 Å². The average molecular weight is 208 g/mol. The maximum Gasteiger partial charge on any atom is 0.251 e. The third-order valence-electron chi connectivity index (χ3n) is 2.61. The molecule has 4 heteroatoms. The van der Waals surface area contributed by atoms with Crippen molar-refractivity contribution in [2.75, 3.05) is 5.73 Å². The number of nitrogen functional groups attached to an aromatic ring is 1. The van der Waals surface area contributed by atoms with Gasteiger partial charge in [0.05, 0.1) is 0 Å². The Labute approximate surface area is 87.5 Å². The largest absolute Gasteiger partial charge is 0.399 e. The fourth-order valence-corrected chi connectivity index (χ4v) is 1.52. The van der Waals surface area contributed by atoms with Crippen LogP contribution in [0.2, 0.25) is 0 Å². The van der Waals surface area contributed by atoms with Crippen molar-refractivity contribution in [3.8, 4) is 0 Å². The Balaban J connectivity index is 2.11. The number of benzene rings is 1. The zero-order chi connectivity index (χ0) is 11.0. The number of hydrogen-bond donors (Lipinski definition) is 2. The average Bonchev–Trinajstić information content (AvgIpc) is 2.79. The highest BCUT2D eigenvalue weighted by Gasteiger charge is 2.34. The normalized spacial score (nSPS) is 23.6. The number of nitrogens with one attached hydrogen (secondary N) is 1. The molecule has 1 aromatic rings. The van der Waals surface area contributed by atoms with Crippen molar-refractivity contribution in [3.05, 3.63) is 29.6 Å². The number of carbonyl (C=O) groups excluding carboxylic acids is 1. The molecule has 2 atom stereocenters. The molecule has 1 saturated carbocycles. The topological polar surface area (TPSA) is 55.1 Å². The molecular formula is C11H13FN2O. The van der Waals surface area contributed by atoms with Gasteiger partial charge in [-0.05, 0) is 30.5 Å². The van der Waals surface area contributed by atoms with Gasteiger partial charge in [0.25, 0.3) is 5.91 Å². The molecule has 0 heterocycles. The first-order valence-electron chi connectivity index (χ1n) is 4.93. The number of anilines is 1. The van der Waals surface area contributed by atoms with Crippen molar-refractivity contribution in [2.45, 2.75) is 19.4 Å². The molecule has 3 N–H and O–H groups in total. The highest BCUT2D eigenvalue weighted by Crippen LogP contribution is 2.29. The van der Waals surface area contributed by atoms with Gasteiger partial charge in [-0.2, -0.15) is 0 Å². The van der Waals surface area contributed by atoms with Crippen LogP contribution in [0.4, 0.5) is 10.1 Å². The van der Waals surface area contributed by atoms with Crippen LogP contribution in [0, 0.1) is 11.7 Å². The molecule has 1 fully saturated rings. The van der Waals surface area contributed by atoms with Crippen molar-refractivity contribution >= 4 is 11.6 Å². The molecule has 15 heavy (non-hydrogen) atoms. The van der Waals surface area contributed by atoms with Crippen molar-refractivity contribution in [2.24, 2.45) is 5.92 Å². The lowest BCUT2D eigenvalue weighted by atomic mass is 10.2. The van der Waals surface area contributed by atoms with Crippen LogP contribution in [-0.4, -0.2) is 11.9 Å². The molecule has 80 valence electrons. The highest BCUT2D eigenvalue weighted by molar-refractivity contribution is 5.95. The lowest BCUT2D eigenvalue weighted by Gasteiger charge is -2.04. The van der Waals surface area contributed by atoms with Gasteiger partial charge >= 0.3 is 0 Å². The monoisotopic (exact) mass is 208 g/mol. The Morgan fingerprint density at radius 3 is 2.73 bits per heavy atom. The molecule has 3 nitrogen and oxygen atoms in total. The van der Waals surface area contributed by atoms with E-state index in [0.29, 0.717) is 5.92 Å². The van der Waals surface area contributed by atoms with E-state index >= 15 is 0 Å². The van der Waals surface area contributed by atoms with Crippen molar-refractivity contribution in [1.29, 1.82) is 0 Å². The number of halogens is 1. The molecule has 1 aromatic carbocycles. The first-order chi connectivity index (χ1) is 7.06. The molecule has 1 aliphatic carbocycles. The summed E-state index contributed by atoms with van der Waals surface area (Å²) in [6, 6.07) is 4.10. The third-order valence-corrected chi connectivity index (χ3v) is 2.61. The minimum Gasteiger partial charge on any atom is -0.399 e. The van der Waals surface area contributed by atoms with Gasteiger partial charge in [0.2, 0.25) is 0 Å². The van der Waals surface area contributed by atoms with E-state index in [2.05, 4.69) is 12.2 Å². The van der Waals surface area contributed by atoms with E-state index in [4.69, 9.17) is 5.73 Å². The molecule has 0 aliphatic heterocycles. The molecule has 0 radical (unpaired) electrons. The Hall–Kier alpha value is -1.58. The fourth-order valence-electron chi connectivity index (χ4n) is 1.52. The van der Waals surface area contributed by atoms with E-state index in [9.17, 15) is 9.18 Å². The summed E-state index contributed by atoms with van der Waals surface area (Å²) < 4.78 is 13.0. The predicted molar refractivity (Wildman–Crippen MR) is 55.8 cm³/mol. The first-order valence-corrected chi connectivity index (χ1v) is 4.93. The summed E-state index contributed by atoms with van der Waals surface area (Å²) in [5.41, 5.74) is 6.00. The van der Waals surface area contributed by atoms with Gasteiger partial charge in [-0.25, -0.2) is 4.39 Å². The second kappa shape index (κ2) is 3.53. The summed E-state index contributed by atoms with van der Waals surface area (Å²) in [5, 5.41) is 2.81. The van der Waals surface area contributed by atoms with Gasteiger partial charge < -0.3 is 11.1 Å². The summed E-state index contributed by atoms with van der Waals surface area (Å²) >= 11 is 0. The second-order valence-electron chi connectivity index (χ2n) is 4.07. The molecular weight excluding hydrogens is 195 g/mol. The van der Waals surface area contributed by atoms with Gasteiger partial charge in [0, 0.05) is 17.3 Å². The van der Waals surface area contributed by atoms with Crippen molar-refractivity contribution < 1.29 is 9.18 Å². The van der Waals surface area contributed by atoms with Gasteiger partial charge in [-0.3, -0.25) is 4.79 Å². The van der Waals surface area contributed by atoms with Crippen LogP contribution in [0.5, 0.6) is 0 Å². The van der Waals surface area contributed by atoms with E-state index in [1.165, 1.54) is 18.2 Å². The minimum absolute atomic E-state index is 0.238. The zero-order valence-electron chi connectivity index (χ0n) is 8.46. The van der Waals surface area contributed by atoms with Gasteiger partial charge in [0.1, 0.15) is 5.82 Å². The van der Waals surface area contributed by atoms with Crippen LogP contribution in [0.1, 0.15) is 23.7 Å². The SMILES string of the molecule is CC1CC1NC(=O)c1cc(N)cc(F)c1. The predicted octanol–water partition coefficient (Wildman–Crippen LogP) is 1.55. The maximum absolute atomic E-state index is 13.0. The van der Waals surface area contributed by atoms with E-state index in [0.717, 1.165) is 6.42 Å². The summed E-state index contributed by atoms with van der Waals surface area (Å²) in [7, 11) is 0. The maximum atomic E-state index is 13.0. The third kappa shape index (κ3) is 2.26. The molecule has 0 spiro atoms. The van der Waals surface area contributed by atoms with Crippen molar-refractivity contribution in [1.82, 2.24) is 5.32 Å². The summed E-state index contributed by atoms with van der Waals surface area (Å²) in [6.07, 6.45) is 0.997. The highest BCUT2D eigenvalue weighted by atomic mass is 19.1. The molecule has 0 bridgehead atoms. The first kappa shape index (κ1) is 9.96. The van der Waals surface area contributed by atoms with Crippen LogP contribution in [-0.2, 0) is 0 Å². The summed E-state index contributed by atoms with van der Waals surface area (Å²) in [4.78, 5) is 11.6. The van der Waals surface area contributed by atoms with E-state index < -0.39 is 5.82 Å². The summed E-state index contributed by atoms with van der Waals surface area (Å²) in [6.45, 7) is 2.06. The number of amides is 1. The Morgan fingerprint density at radius 2 is 2.20 bits per heavy atom. The zero-order valence-corrected chi connectivity index (χ0v) is 8.46. The van der Waals surface area contributed by atoms with E-state index in [1.807, 2.05) is 0 Å². The van der Waals surface area contributed by atoms with Crippen LogP contribution >= 0.6 is 0 Å². The lowest BCUT2D eigenvalue weighted by Crippen LogP contribution is -2.26. The lowest BCUT2D eigenvalue weighted by molar-refractivity contribution is 0.0949. The molecule has 2 rings (SSSR count). The van der Waals surface area contributed by atoms with E-state index in [-0.39, 0.29) is 23.2 Å². The van der Waals surface area contributed by atoms with Gasteiger partial charge in [0.15, 0.2) is 0 Å². The fraction of sp³-hybridized carbons (Fsp3) is 0.364. The Bertz CT molecular complexity index is 385. The molecule has 1 amide bonds. The smallest absolute Gasteiger partial charge is 0.251 e. The number of hydrogen-bond acceptors (Lipinski definition) is 2. The van der Waals surface area contributed by atoms with Gasteiger partial charge in [-0.15, -0.1) is 0 Å². The molecule has 2 unspecified atom stereocenters. The number of carbonyl (C=O) groups is 1. The Kier molecular flexibility index (Phi) is 2.34. The quantitative estimate of drug-likeness (QED) is 0.724. The number of rotatable bonds is 2. The van der Waals surface area contributed by atoms with Crippen LogP contribution in [0.3, 0.4) is 0 Å². The minimum atomic E-state index is -0.482. The molecule has 0 aromatic heterocycles. The second-order valence-corrected chi connectivity index (χ2v) is 4.07. The van der Waals surface area contributed by atoms with Crippen LogP contribution in [0.15, 0.2) is 18.2 Å². The van der Waals surface area contributed by atoms with Gasteiger partial charge in [-0.1, -0.05) is 6.92 Å². The van der Waals surface area contributed by atoms with Crippen LogP contribution < -0.4 is 11.1 Å². The number of nitrogens with two attached hydrogens (primary N) is 1. The van der Waals surface area contributed by atoms with Crippen LogP contribution in [0.25, 0.3) is 0 Å². The molecule has 1 aliphatic rings. The standard InChI is InChI=1S/C11H13FN2O/c1-6-2-10(6)14-11(15)7-3-8(12)5-9(13)4-7/h3-6,10H,2,13H2,1H3,(H,14,15). The summed E-state index contributed by atoms with van der Waals surface area (Å²) in [5.74, 6) is -0.209.